The highest BCUT2D eigenvalue weighted by Gasteiger charge is 2.21. The van der Waals surface area contributed by atoms with E-state index in [1.807, 2.05) is 31.1 Å². The molecule has 1 aromatic carbocycles. The molecular weight excluding hydrogens is 277 g/mol. The van der Waals surface area contributed by atoms with Gasteiger partial charge in [-0.15, -0.1) is 0 Å². The van der Waals surface area contributed by atoms with Crippen LogP contribution in [0.2, 0.25) is 0 Å². The molecule has 1 atom stereocenters. The summed E-state index contributed by atoms with van der Waals surface area (Å²) in [6.45, 7) is 6.03. The number of benzene rings is 1. The normalized spacial score (nSPS) is 19.4. The van der Waals surface area contributed by atoms with E-state index >= 15 is 0 Å². The van der Waals surface area contributed by atoms with E-state index < -0.39 is 0 Å². The molecule has 1 fully saturated rings. The minimum atomic E-state index is -0.131. The number of halogens is 1. The van der Waals surface area contributed by atoms with Crippen molar-refractivity contribution in [3.05, 3.63) is 29.6 Å². The summed E-state index contributed by atoms with van der Waals surface area (Å²) >= 11 is 0. The number of anilines is 1. The molecule has 1 aliphatic rings. The van der Waals surface area contributed by atoms with Crippen molar-refractivity contribution in [2.45, 2.75) is 45.2 Å². The standard InChI is InChI=1S/C18H30FN3/c1-4-16-7-5-6-11-22(16)14-15-8-9-17(19)18(13-15)21(3)12-10-20-2/h8-9,13,16,20H,4-7,10-12,14H2,1-3H3. The molecule has 124 valence electrons. The summed E-state index contributed by atoms with van der Waals surface area (Å²) in [6, 6.07) is 6.26. The predicted octanol–water partition coefficient (Wildman–Crippen LogP) is 3.25. The summed E-state index contributed by atoms with van der Waals surface area (Å²) in [7, 11) is 3.87. The van der Waals surface area contributed by atoms with Crippen molar-refractivity contribution in [1.82, 2.24) is 10.2 Å². The molecule has 3 nitrogen and oxygen atoms in total. The van der Waals surface area contributed by atoms with E-state index in [0.717, 1.165) is 19.6 Å². The minimum Gasteiger partial charge on any atom is -0.371 e. The van der Waals surface area contributed by atoms with Crippen LogP contribution < -0.4 is 10.2 Å². The fourth-order valence-electron chi connectivity index (χ4n) is 3.31. The molecule has 1 saturated heterocycles. The summed E-state index contributed by atoms with van der Waals surface area (Å²) in [5, 5.41) is 3.11. The summed E-state index contributed by atoms with van der Waals surface area (Å²) in [5.74, 6) is -0.131. The number of hydrogen-bond acceptors (Lipinski definition) is 3. The molecule has 0 aliphatic carbocycles. The van der Waals surface area contributed by atoms with Gasteiger partial charge in [0.25, 0.3) is 0 Å². The third kappa shape index (κ3) is 4.43. The van der Waals surface area contributed by atoms with Crippen LogP contribution in [0.3, 0.4) is 0 Å². The maximum Gasteiger partial charge on any atom is 0.146 e. The van der Waals surface area contributed by atoms with E-state index in [9.17, 15) is 4.39 Å². The number of piperidine rings is 1. The zero-order chi connectivity index (χ0) is 15.9. The second-order valence-electron chi connectivity index (χ2n) is 6.34. The monoisotopic (exact) mass is 307 g/mol. The van der Waals surface area contributed by atoms with Crippen LogP contribution in [-0.4, -0.2) is 44.7 Å². The molecule has 0 bridgehead atoms. The van der Waals surface area contributed by atoms with Crippen molar-refractivity contribution in [1.29, 1.82) is 0 Å². The van der Waals surface area contributed by atoms with Gasteiger partial charge in [0.05, 0.1) is 5.69 Å². The third-order valence-corrected chi connectivity index (χ3v) is 4.72. The Bertz CT molecular complexity index is 464. The smallest absolute Gasteiger partial charge is 0.146 e. The molecule has 0 amide bonds. The van der Waals surface area contributed by atoms with Gasteiger partial charge in [0.1, 0.15) is 5.82 Å². The highest BCUT2D eigenvalue weighted by atomic mass is 19.1. The van der Waals surface area contributed by atoms with Gasteiger partial charge in [-0.25, -0.2) is 4.39 Å². The lowest BCUT2D eigenvalue weighted by Crippen LogP contribution is -2.38. The van der Waals surface area contributed by atoms with Crippen LogP contribution >= 0.6 is 0 Å². The first-order chi connectivity index (χ1) is 10.7. The van der Waals surface area contributed by atoms with Gasteiger partial charge in [-0.05, 0) is 50.6 Å². The molecule has 0 aromatic heterocycles. The quantitative estimate of drug-likeness (QED) is 0.834. The Kier molecular flexibility index (Phi) is 6.65. The van der Waals surface area contributed by atoms with E-state index in [-0.39, 0.29) is 5.82 Å². The van der Waals surface area contributed by atoms with Gasteiger partial charge < -0.3 is 10.2 Å². The lowest BCUT2D eigenvalue weighted by Gasteiger charge is -2.35. The van der Waals surface area contributed by atoms with E-state index in [2.05, 4.69) is 17.1 Å². The van der Waals surface area contributed by atoms with E-state index in [1.165, 1.54) is 37.8 Å². The number of nitrogens with zero attached hydrogens (tertiary/aromatic N) is 2. The summed E-state index contributed by atoms with van der Waals surface area (Å²) < 4.78 is 14.1. The largest absolute Gasteiger partial charge is 0.371 e. The first-order valence-corrected chi connectivity index (χ1v) is 8.54. The Labute approximate surface area is 134 Å². The van der Waals surface area contributed by atoms with Crippen molar-refractivity contribution in [2.75, 3.05) is 38.6 Å². The number of likely N-dealkylation sites (tertiary alicyclic amines) is 1. The molecule has 1 aromatic rings. The highest BCUT2D eigenvalue weighted by molar-refractivity contribution is 5.49. The van der Waals surface area contributed by atoms with Gasteiger partial charge in [-0.2, -0.15) is 0 Å². The molecule has 0 spiro atoms. The van der Waals surface area contributed by atoms with Crippen LogP contribution in [0.5, 0.6) is 0 Å². The molecule has 1 aliphatic heterocycles. The molecule has 2 rings (SSSR count). The topological polar surface area (TPSA) is 18.5 Å². The number of hydrogen-bond donors (Lipinski definition) is 1. The Morgan fingerprint density at radius 1 is 1.36 bits per heavy atom. The highest BCUT2D eigenvalue weighted by Crippen LogP contribution is 2.25. The van der Waals surface area contributed by atoms with Crippen LogP contribution in [0.25, 0.3) is 0 Å². The Morgan fingerprint density at radius 2 is 2.18 bits per heavy atom. The number of nitrogens with one attached hydrogen (secondary N) is 1. The average molecular weight is 307 g/mol. The molecule has 0 saturated carbocycles. The zero-order valence-corrected chi connectivity index (χ0v) is 14.2. The summed E-state index contributed by atoms with van der Waals surface area (Å²) in [5.41, 5.74) is 1.92. The zero-order valence-electron chi connectivity index (χ0n) is 14.2. The fraction of sp³-hybridized carbons (Fsp3) is 0.667. The van der Waals surface area contributed by atoms with Crippen LogP contribution in [-0.2, 0) is 6.54 Å². The van der Waals surface area contributed by atoms with Gasteiger partial charge >= 0.3 is 0 Å². The number of likely N-dealkylation sites (N-methyl/N-ethyl adjacent to an activating group) is 2. The molecule has 1 unspecified atom stereocenters. The lowest BCUT2D eigenvalue weighted by molar-refractivity contribution is 0.136. The summed E-state index contributed by atoms with van der Waals surface area (Å²) in [4.78, 5) is 4.55. The molecule has 4 heteroatoms. The van der Waals surface area contributed by atoms with Gasteiger partial charge in [0.2, 0.25) is 0 Å². The molecule has 0 radical (unpaired) electrons. The SMILES string of the molecule is CCC1CCCCN1Cc1ccc(F)c(N(C)CCNC)c1. The molecule has 22 heavy (non-hydrogen) atoms. The Morgan fingerprint density at radius 3 is 2.91 bits per heavy atom. The van der Waals surface area contributed by atoms with Gasteiger partial charge in [0.15, 0.2) is 0 Å². The first-order valence-electron chi connectivity index (χ1n) is 8.54. The number of rotatable bonds is 7. The fourth-order valence-corrected chi connectivity index (χ4v) is 3.31. The second-order valence-corrected chi connectivity index (χ2v) is 6.34. The van der Waals surface area contributed by atoms with Gasteiger partial charge in [-0.1, -0.05) is 19.4 Å². The van der Waals surface area contributed by atoms with Crippen molar-refractivity contribution in [3.63, 3.8) is 0 Å². The van der Waals surface area contributed by atoms with Crippen LogP contribution in [0.1, 0.15) is 38.2 Å². The third-order valence-electron chi connectivity index (χ3n) is 4.72. The van der Waals surface area contributed by atoms with E-state index in [1.54, 1.807) is 6.07 Å². The average Bonchev–Trinajstić information content (AvgIpc) is 2.54. The minimum absolute atomic E-state index is 0.131. The predicted molar refractivity (Wildman–Crippen MR) is 91.9 cm³/mol. The first kappa shape index (κ1) is 17.2. The van der Waals surface area contributed by atoms with Crippen molar-refractivity contribution in [2.24, 2.45) is 0 Å². The molecular formula is C18H30FN3. The van der Waals surface area contributed by atoms with E-state index in [0.29, 0.717) is 11.7 Å². The Hall–Kier alpha value is -1.13. The van der Waals surface area contributed by atoms with Crippen LogP contribution in [0.4, 0.5) is 10.1 Å². The second kappa shape index (κ2) is 8.49. The lowest BCUT2D eigenvalue weighted by atomic mass is 9.99. The maximum absolute atomic E-state index is 14.1. The van der Waals surface area contributed by atoms with Gasteiger partial charge in [-0.3, -0.25) is 4.90 Å². The van der Waals surface area contributed by atoms with Crippen LogP contribution in [0.15, 0.2) is 18.2 Å². The molecule has 1 N–H and O–H groups in total. The van der Waals surface area contributed by atoms with Crippen molar-refractivity contribution < 1.29 is 4.39 Å². The summed E-state index contributed by atoms with van der Waals surface area (Å²) in [6.07, 6.45) is 5.13. The van der Waals surface area contributed by atoms with Crippen molar-refractivity contribution >= 4 is 5.69 Å². The van der Waals surface area contributed by atoms with Crippen LogP contribution in [0, 0.1) is 5.82 Å². The van der Waals surface area contributed by atoms with E-state index in [4.69, 9.17) is 0 Å². The molecule has 1 heterocycles. The van der Waals surface area contributed by atoms with Gasteiger partial charge in [0, 0.05) is 32.7 Å². The maximum atomic E-state index is 14.1. The van der Waals surface area contributed by atoms with Crippen molar-refractivity contribution in [3.8, 4) is 0 Å². The Balaban J connectivity index is 2.08.